The Morgan fingerprint density at radius 3 is 2.50 bits per heavy atom. The average Bonchev–Trinajstić information content (AvgIpc) is 2.18. The summed E-state index contributed by atoms with van der Waals surface area (Å²) in [6.07, 6.45) is 1.82. The zero-order valence-corrected chi connectivity index (χ0v) is 9.20. The first-order valence-electron chi connectivity index (χ1n) is 3.90. The molecular formula is C10H12BrNO2. The third-order valence-electron chi connectivity index (χ3n) is 1.26. The van der Waals surface area contributed by atoms with Gasteiger partial charge >= 0.3 is 5.97 Å². The number of carboxylic acid groups (broad SMARTS) is 1. The van der Waals surface area contributed by atoms with E-state index in [0.29, 0.717) is 0 Å². The first-order chi connectivity index (χ1) is 6.60. The summed E-state index contributed by atoms with van der Waals surface area (Å²) in [4.78, 5) is 9.24. The van der Waals surface area contributed by atoms with Gasteiger partial charge in [0.05, 0.1) is 6.54 Å². The number of carbonyl (C=O) groups is 1. The summed E-state index contributed by atoms with van der Waals surface area (Å²) >= 11 is 3.36. The van der Waals surface area contributed by atoms with E-state index in [0.717, 1.165) is 10.0 Å². The molecule has 0 aliphatic heterocycles. The molecule has 1 rings (SSSR count). The Morgan fingerprint density at radius 1 is 1.64 bits per heavy atom. The summed E-state index contributed by atoms with van der Waals surface area (Å²) < 4.78 is 1.10. The highest BCUT2D eigenvalue weighted by atomic mass is 79.9. The number of aliphatic carboxylic acids is 1. The van der Waals surface area contributed by atoms with E-state index in [4.69, 9.17) is 5.11 Å². The fraction of sp³-hybridized carbons (Fsp3) is 0.100. The van der Waals surface area contributed by atoms with Crippen LogP contribution in [-0.2, 0) is 4.79 Å². The summed E-state index contributed by atoms with van der Waals surface area (Å²) in [6, 6.07) is 8.01. The standard InChI is InChI=1S/C8H7Br.C2H5NO2/c1-2-7-4-3-5-8(9)6-7;3-1-2(4)5/h2-6H,1H2;1,3H2,(H,4,5). The van der Waals surface area contributed by atoms with Gasteiger partial charge in [-0.2, -0.15) is 0 Å². The minimum Gasteiger partial charge on any atom is -0.480 e. The molecule has 0 aliphatic carbocycles. The molecule has 0 heterocycles. The van der Waals surface area contributed by atoms with Crippen LogP contribution in [0.3, 0.4) is 0 Å². The van der Waals surface area contributed by atoms with Crippen molar-refractivity contribution >= 4 is 28.0 Å². The van der Waals surface area contributed by atoms with Gasteiger partial charge in [-0.25, -0.2) is 0 Å². The van der Waals surface area contributed by atoms with Gasteiger partial charge < -0.3 is 10.8 Å². The van der Waals surface area contributed by atoms with Crippen LogP contribution in [0.1, 0.15) is 5.56 Å². The van der Waals surface area contributed by atoms with E-state index in [-0.39, 0.29) is 6.54 Å². The minimum absolute atomic E-state index is 0.278. The van der Waals surface area contributed by atoms with Gasteiger partial charge in [0.1, 0.15) is 0 Å². The fourth-order valence-corrected chi connectivity index (χ4v) is 1.05. The number of carboxylic acids is 1. The Morgan fingerprint density at radius 2 is 2.21 bits per heavy atom. The predicted octanol–water partition coefficient (Wildman–Crippen LogP) is 2.12. The van der Waals surface area contributed by atoms with Gasteiger partial charge in [0.25, 0.3) is 0 Å². The summed E-state index contributed by atoms with van der Waals surface area (Å²) in [5, 5.41) is 7.60. The maximum Gasteiger partial charge on any atom is 0.317 e. The molecule has 0 bridgehead atoms. The second kappa shape index (κ2) is 7.29. The molecule has 3 nitrogen and oxygen atoms in total. The van der Waals surface area contributed by atoms with Crippen molar-refractivity contribution < 1.29 is 9.90 Å². The monoisotopic (exact) mass is 257 g/mol. The molecule has 0 saturated heterocycles. The molecule has 4 heteroatoms. The number of halogens is 1. The van der Waals surface area contributed by atoms with Crippen molar-refractivity contribution in [1.82, 2.24) is 0 Å². The number of hydrogen-bond donors (Lipinski definition) is 2. The highest BCUT2D eigenvalue weighted by Crippen LogP contribution is 2.11. The van der Waals surface area contributed by atoms with Crippen molar-refractivity contribution in [3.05, 3.63) is 40.9 Å². The van der Waals surface area contributed by atoms with Crippen LogP contribution >= 0.6 is 15.9 Å². The van der Waals surface area contributed by atoms with Crippen molar-refractivity contribution in [1.29, 1.82) is 0 Å². The summed E-state index contributed by atoms with van der Waals surface area (Å²) in [7, 11) is 0. The second-order valence-corrected chi connectivity index (χ2v) is 3.27. The third-order valence-corrected chi connectivity index (χ3v) is 1.75. The maximum absolute atomic E-state index is 9.24. The largest absolute Gasteiger partial charge is 0.480 e. The highest BCUT2D eigenvalue weighted by Gasteiger charge is 1.84. The van der Waals surface area contributed by atoms with Crippen molar-refractivity contribution in [2.45, 2.75) is 0 Å². The SMILES string of the molecule is C=Cc1cccc(Br)c1.NCC(=O)O. The van der Waals surface area contributed by atoms with Gasteiger partial charge in [-0.1, -0.05) is 40.7 Å². The quantitative estimate of drug-likeness (QED) is 0.854. The van der Waals surface area contributed by atoms with Crippen molar-refractivity contribution in [3.63, 3.8) is 0 Å². The zero-order chi connectivity index (χ0) is 11.0. The lowest BCUT2D eigenvalue weighted by atomic mass is 10.2. The van der Waals surface area contributed by atoms with E-state index in [2.05, 4.69) is 28.2 Å². The van der Waals surface area contributed by atoms with Gasteiger partial charge in [-0.15, -0.1) is 0 Å². The number of rotatable bonds is 2. The predicted molar refractivity (Wildman–Crippen MR) is 60.9 cm³/mol. The molecule has 1 aromatic carbocycles. The summed E-state index contributed by atoms with van der Waals surface area (Å²) in [5.74, 6) is -0.968. The van der Waals surface area contributed by atoms with Crippen LogP contribution in [0, 0.1) is 0 Å². The lowest BCUT2D eigenvalue weighted by molar-refractivity contribution is -0.135. The van der Waals surface area contributed by atoms with Crippen LogP contribution in [0.2, 0.25) is 0 Å². The van der Waals surface area contributed by atoms with Gasteiger partial charge in [0.2, 0.25) is 0 Å². The Bertz CT molecular complexity index is 313. The minimum atomic E-state index is -0.968. The second-order valence-electron chi connectivity index (χ2n) is 2.36. The zero-order valence-electron chi connectivity index (χ0n) is 7.61. The molecule has 0 fully saturated rings. The molecule has 3 N–H and O–H groups in total. The average molecular weight is 258 g/mol. The van der Waals surface area contributed by atoms with E-state index < -0.39 is 5.97 Å². The van der Waals surface area contributed by atoms with Crippen LogP contribution in [0.15, 0.2) is 35.3 Å². The molecule has 14 heavy (non-hydrogen) atoms. The molecule has 0 radical (unpaired) electrons. The molecular weight excluding hydrogens is 246 g/mol. The van der Waals surface area contributed by atoms with Crippen LogP contribution < -0.4 is 5.73 Å². The first kappa shape index (κ1) is 12.9. The Hall–Kier alpha value is -1.13. The number of nitrogens with two attached hydrogens (primary N) is 1. The van der Waals surface area contributed by atoms with E-state index in [1.54, 1.807) is 0 Å². The van der Waals surface area contributed by atoms with Crippen molar-refractivity contribution in [3.8, 4) is 0 Å². The molecule has 0 spiro atoms. The molecule has 0 saturated carbocycles. The molecule has 1 aromatic rings. The fourth-order valence-electron chi connectivity index (χ4n) is 0.634. The van der Waals surface area contributed by atoms with Crippen LogP contribution in [0.4, 0.5) is 0 Å². The lowest BCUT2D eigenvalue weighted by Crippen LogP contribution is -2.10. The lowest BCUT2D eigenvalue weighted by Gasteiger charge is -1.90. The van der Waals surface area contributed by atoms with Crippen LogP contribution in [0.5, 0.6) is 0 Å². The van der Waals surface area contributed by atoms with Gasteiger partial charge in [-0.05, 0) is 17.7 Å². The van der Waals surface area contributed by atoms with Crippen LogP contribution in [0.25, 0.3) is 6.08 Å². The molecule has 0 aliphatic rings. The third kappa shape index (κ3) is 6.39. The Balaban J connectivity index is 0.000000292. The molecule has 0 unspecified atom stereocenters. The molecule has 76 valence electrons. The maximum atomic E-state index is 9.24. The first-order valence-corrected chi connectivity index (χ1v) is 4.69. The van der Waals surface area contributed by atoms with E-state index in [1.807, 2.05) is 30.3 Å². The van der Waals surface area contributed by atoms with Gasteiger partial charge in [0, 0.05) is 4.47 Å². The van der Waals surface area contributed by atoms with E-state index in [1.165, 1.54) is 0 Å². The van der Waals surface area contributed by atoms with Crippen LogP contribution in [-0.4, -0.2) is 17.6 Å². The van der Waals surface area contributed by atoms with Crippen molar-refractivity contribution in [2.75, 3.05) is 6.54 Å². The summed E-state index contributed by atoms with van der Waals surface area (Å²) in [6.45, 7) is 3.37. The normalized spacial score (nSPS) is 8.43. The van der Waals surface area contributed by atoms with Gasteiger partial charge in [-0.3, -0.25) is 4.79 Å². The Kier molecular flexibility index (Phi) is 6.70. The number of benzene rings is 1. The Labute approximate surface area is 91.4 Å². The van der Waals surface area contributed by atoms with Gasteiger partial charge in [0.15, 0.2) is 0 Å². The highest BCUT2D eigenvalue weighted by molar-refractivity contribution is 9.10. The molecule has 0 atom stereocenters. The van der Waals surface area contributed by atoms with E-state index in [9.17, 15) is 4.79 Å². The summed E-state index contributed by atoms with van der Waals surface area (Å²) in [5.41, 5.74) is 5.71. The molecule has 0 aromatic heterocycles. The molecule has 0 amide bonds. The van der Waals surface area contributed by atoms with Crippen molar-refractivity contribution in [2.24, 2.45) is 5.73 Å². The number of hydrogen-bond acceptors (Lipinski definition) is 2. The topological polar surface area (TPSA) is 63.3 Å². The smallest absolute Gasteiger partial charge is 0.317 e. The van der Waals surface area contributed by atoms with E-state index >= 15 is 0 Å².